The molecule has 2 rings (SSSR count). The number of aryl methyl sites for hydroxylation is 1. The topological polar surface area (TPSA) is 73.8 Å². The highest BCUT2D eigenvalue weighted by atomic mass is 32.2. The smallest absolute Gasteiger partial charge is 0.191 e. The molecular formula is C21H29FN4O2S. The van der Waals surface area contributed by atoms with Crippen molar-refractivity contribution in [2.45, 2.75) is 24.4 Å². The number of likely N-dealkylation sites (N-methyl/N-ethyl adjacent to an activating group) is 1. The molecule has 0 fully saturated rings. The summed E-state index contributed by atoms with van der Waals surface area (Å²) in [5, 5.41) is 6.53. The molecule has 1 unspecified atom stereocenters. The van der Waals surface area contributed by atoms with Crippen molar-refractivity contribution in [2.75, 3.05) is 33.9 Å². The Hall–Kier alpha value is -2.45. The van der Waals surface area contributed by atoms with Gasteiger partial charge in [0.05, 0.1) is 10.9 Å². The molecule has 158 valence electrons. The number of hydrogen-bond donors (Lipinski definition) is 2. The van der Waals surface area contributed by atoms with Gasteiger partial charge in [0.2, 0.25) is 0 Å². The van der Waals surface area contributed by atoms with Crippen LogP contribution in [0.2, 0.25) is 0 Å². The van der Waals surface area contributed by atoms with E-state index in [9.17, 15) is 12.8 Å². The van der Waals surface area contributed by atoms with Crippen LogP contribution < -0.4 is 10.6 Å². The van der Waals surface area contributed by atoms with Crippen molar-refractivity contribution in [1.82, 2.24) is 15.5 Å². The molecule has 0 bridgehead atoms. The number of guanidine groups is 1. The van der Waals surface area contributed by atoms with Crippen LogP contribution in [0.15, 0.2) is 52.4 Å². The van der Waals surface area contributed by atoms with Crippen LogP contribution in [-0.2, 0) is 16.4 Å². The average molecular weight is 421 g/mol. The van der Waals surface area contributed by atoms with Crippen molar-refractivity contribution in [3.63, 3.8) is 0 Å². The van der Waals surface area contributed by atoms with Gasteiger partial charge in [0.1, 0.15) is 5.82 Å². The van der Waals surface area contributed by atoms with Crippen LogP contribution in [0.4, 0.5) is 4.39 Å². The van der Waals surface area contributed by atoms with E-state index in [1.54, 1.807) is 38.2 Å². The molecule has 0 spiro atoms. The van der Waals surface area contributed by atoms with Gasteiger partial charge in [-0.25, -0.2) is 12.8 Å². The van der Waals surface area contributed by atoms with Gasteiger partial charge in [0.15, 0.2) is 15.8 Å². The molecule has 2 N–H and O–H groups in total. The molecule has 1 atom stereocenters. The average Bonchev–Trinajstić information content (AvgIpc) is 2.64. The molecule has 0 radical (unpaired) electrons. The zero-order valence-corrected chi connectivity index (χ0v) is 18.3. The number of halogens is 1. The van der Waals surface area contributed by atoms with Crippen LogP contribution in [0.1, 0.15) is 22.7 Å². The zero-order valence-electron chi connectivity index (χ0n) is 17.5. The van der Waals surface area contributed by atoms with Crippen LogP contribution in [0.25, 0.3) is 0 Å². The summed E-state index contributed by atoms with van der Waals surface area (Å²) >= 11 is 0. The molecule has 29 heavy (non-hydrogen) atoms. The Labute approximate surface area is 172 Å². The number of sulfone groups is 1. The molecule has 0 saturated carbocycles. The first kappa shape index (κ1) is 22.8. The maximum absolute atomic E-state index is 13.2. The third-order valence-corrected chi connectivity index (χ3v) is 5.92. The number of hydrogen-bond acceptors (Lipinski definition) is 4. The van der Waals surface area contributed by atoms with Crippen LogP contribution in [0, 0.1) is 12.7 Å². The van der Waals surface area contributed by atoms with Crippen molar-refractivity contribution in [2.24, 2.45) is 4.99 Å². The lowest BCUT2D eigenvalue weighted by atomic mass is 10.1. The van der Waals surface area contributed by atoms with Crippen LogP contribution in [0.3, 0.4) is 0 Å². The van der Waals surface area contributed by atoms with Gasteiger partial charge in [-0.2, -0.15) is 0 Å². The monoisotopic (exact) mass is 420 g/mol. The predicted octanol–water partition coefficient (Wildman–Crippen LogP) is 2.51. The van der Waals surface area contributed by atoms with Crippen molar-refractivity contribution < 1.29 is 12.8 Å². The minimum absolute atomic E-state index is 0.0467. The van der Waals surface area contributed by atoms with E-state index in [1.165, 1.54) is 18.4 Å². The molecule has 2 aromatic carbocycles. The Balaban J connectivity index is 2.00. The molecule has 0 heterocycles. The summed E-state index contributed by atoms with van der Waals surface area (Å²) in [6.45, 7) is 2.88. The maximum atomic E-state index is 13.2. The van der Waals surface area contributed by atoms with Gasteiger partial charge in [-0.1, -0.05) is 24.3 Å². The highest BCUT2D eigenvalue weighted by Gasteiger charge is 2.15. The summed E-state index contributed by atoms with van der Waals surface area (Å²) in [5.74, 6) is 0.373. The number of benzene rings is 2. The zero-order chi connectivity index (χ0) is 21.6. The SMILES string of the molecule is CN=C(NCc1ccc(S(C)(=O)=O)c(C)c1)NCC(c1ccc(F)cc1)N(C)C. The van der Waals surface area contributed by atoms with Gasteiger partial charge < -0.3 is 15.5 Å². The largest absolute Gasteiger partial charge is 0.354 e. The first-order valence-electron chi connectivity index (χ1n) is 9.28. The third kappa shape index (κ3) is 6.54. The minimum Gasteiger partial charge on any atom is -0.354 e. The normalized spacial score (nSPS) is 13.4. The van der Waals surface area contributed by atoms with Crippen molar-refractivity contribution >= 4 is 15.8 Å². The molecule has 2 aromatic rings. The van der Waals surface area contributed by atoms with Gasteiger partial charge in [-0.3, -0.25) is 4.99 Å². The summed E-state index contributed by atoms with van der Waals surface area (Å²) in [4.78, 5) is 6.64. The van der Waals surface area contributed by atoms with E-state index in [-0.39, 0.29) is 11.9 Å². The Morgan fingerprint density at radius 1 is 1.14 bits per heavy atom. The van der Waals surface area contributed by atoms with Gasteiger partial charge in [-0.05, 0) is 55.9 Å². The standard InChI is InChI=1S/C21H29FN4O2S/c1-15-12-16(6-11-20(15)29(5,27)28)13-24-21(23-2)25-14-19(26(3)4)17-7-9-18(22)10-8-17/h6-12,19H,13-14H2,1-5H3,(H2,23,24,25). The lowest BCUT2D eigenvalue weighted by Gasteiger charge is -2.26. The Kier molecular flexibility index (Phi) is 7.75. The highest BCUT2D eigenvalue weighted by Crippen LogP contribution is 2.18. The summed E-state index contributed by atoms with van der Waals surface area (Å²) in [7, 11) is 2.40. The lowest BCUT2D eigenvalue weighted by Crippen LogP contribution is -2.41. The quantitative estimate of drug-likeness (QED) is 0.532. The Morgan fingerprint density at radius 3 is 2.31 bits per heavy atom. The van der Waals surface area contributed by atoms with Crippen LogP contribution in [0.5, 0.6) is 0 Å². The van der Waals surface area contributed by atoms with Crippen LogP contribution in [-0.4, -0.2) is 53.2 Å². The molecule has 0 saturated heterocycles. The predicted molar refractivity (Wildman–Crippen MR) is 115 cm³/mol. The highest BCUT2D eigenvalue weighted by molar-refractivity contribution is 7.90. The van der Waals surface area contributed by atoms with E-state index in [0.717, 1.165) is 16.7 Å². The fourth-order valence-corrected chi connectivity index (χ4v) is 4.08. The summed E-state index contributed by atoms with van der Waals surface area (Å²) in [5.41, 5.74) is 2.69. The first-order valence-corrected chi connectivity index (χ1v) is 11.2. The number of aliphatic imine (C=N–C) groups is 1. The molecule has 0 amide bonds. The second kappa shape index (κ2) is 9.84. The van der Waals surface area contributed by atoms with Crippen molar-refractivity contribution in [3.8, 4) is 0 Å². The van der Waals surface area contributed by atoms with E-state index < -0.39 is 9.84 Å². The van der Waals surface area contributed by atoms with E-state index in [4.69, 9.17) is 0 Å². The first-order chi connectivity index (χ1) is 13.6. The van der Waals surface area contributed by atoms with Crippen molar-refractivity contribution in [1.29, 1.82) is 0 Å². The molecule has 8 heteroatoms. The van der Waals surface area contributed by atoms with Gasteiger partial charge >= 0.3 is 0 Å². The number of nitrogens with zero attached hydrogens (tertiary/aromatic N) is 2. The van der Waals surface area contributed by atoms with E-state index in [2.05, 4.69) is 20.5 Å². The molecule has 0 aromatic heterocycles. The third-order valence-electron chi connectivity index (χ3n) is 4.66. The second-order valence-corrected chi connectivity index (χ2v) is 9.19. The van der Waals surface area contributed by atoms with Gasteiger partial charge in [0, 0.05) is 26.4 Å². The minimum atomic E-state index is -3.23. The lowest BCUT2D eigenvalue weighted by molar-refractivity contribution is 0.298. The van der Waals surface area contributed by atoms with Crippen molar-refractivity contribution in [3.05, 3.63) is 65.0 Å². The fourth-order valence-electron chi connectivity index (χ4n) is 3.12. The molecular weight excluding hydrogens is 391 g/mol. The Morgan fingerprint density at radius 2 is 1.79 bits per heavy atom. The molecule has 0 aliphatic carbocycles. The van der Waals surface area contributed by atoms with Gasteiger partial charge in [-0.15, -0.1) is 0 Å². The summed E-state index contributed by atoms with van der Waals surface area (Å²) in [6.07, 6.45) is 1.21. The molecule has 0 aliphatic heterocycles. The number of nitrogens with one attached hydrogen (secondary N) is 2. The van der Waals surface area contributed by atoms with E-state index in [0.29, 0.717) is 23.9 Å². The summed E-state index contributed by atoms with van der Waals surface area (Å²) < 4.78 is 36.7. The molecule has 0 aliphatic rings. The van der Waals surface area contributed by atoms with Crippen LogP contribution >= 0.6 is 0 Å². The van der Waals surface area contributed by atoms with E-state index >= 15 is 0 Å². The summed E-state index contributed by atoms with van der Waals surface area (Å²) in [6, 6.07) is 11.8. The maximum Gasteiger partial charge on any atom is 0.191 e. The second-order valence-electron chi connectivity index (χ2n) is 7.21. The van der Waals surface area contributed by atoms with E-state index in [1.807, 2.05) is 20.2 Å². The van der Waals surface area contributed by atoms with Gasteiger partial charge in [0.25, 0.3) is 0 Å². The number of rotatable bonds is 7. The Bertz CT molecular complexity index is 957. The fraction of sp³-hybridized carbons (Fsp3) is 0.381. The molecule has 6 nitrogen and oxygen atoms in total.